The van der Waals surface area contributed by atoms with Gasteiger partial charge in [0.05, 0.1) is 7.11 Å². The van der Waals surface area contributed by atoms with Gasteiger partial charge in [-0.25, -0.2) is 9.59 Å². The van der Waals surface area contributed by atoms with Gasteiger partial charge in [0, 0.05) is 12.2 Å². The number of carbonyl (C=O) groups is 2. The van der Waals surface area contributed by atoms with Crippen LogP contribution in [0.1, 0.15) is 13.3 Å². The molecule has 0 radical (unpaired) electrons. The molecule has 0 bridgehead atoms. The van der Waals surface area contributed by atoms with Gasteiger partial charge in [0.25, 0.3) is 0 Å². The van der Waals surface area contributed by atoms with Gasteiger partial charge in [0.1, 0.15) is 11.8 Å². The Morgan fingerprint density at radius 3 is 2.55 bits per heavy atom. The second kappa shape index (κ2) is 5.81. The number of hydrogen-bond acceptors (Lipinski definition) is 3. The number of likely N-dealkylation sites (tertiary alicyclic amines) is 1. The van der Waals surface area contributed by atoms with Crippen LogP contribution in [0.5, 0.6) is 5.75 Å². The Bertz CT molecular complexity index is 500. The van der Waals surface area contributed by atoms with Crippen LogP contribution in [0.25, 0.3) is 0 Å². The lowest BCUT2D eigenvalue weighted by molar-refractivity contribution is -0.142. The molecule has 0 spiro atoms. The van der Waals surface area contributed by atoms with Crippen LogP contribution in [-0.2, 0) is 4.79 Å². The number of rotatable bonds is 3. The molecule has 20 heavy (non-hydrogen) atoms. The first-order chi connectivity index (χ1) is 9.52. The quantitative estimate of drug-likeness (QED) is 0.886. The zero-order chi connectivity index (χ0) is 14.7. The monoisotopic (exact) mass is 278 g/mol. The van der Waals surface area contributed by atoms with Gasteiger partial charge in [-0.05, 0) is 36.6 Å². The van der Waals surface area contributed by atoms with Crippen molar-refractivity contribution in [1.82, 2.24) is 4.90 Å². The second-order valence-corrected chi connectivity index (χ2v) is 4.90. The number of carboxylic acids is 1. The minimum atomic E-state index is -0.958. The van der Waals surface area contributed by atoms with Gasteiger partial charge in [0.2, 0.25) is 0 Å². The number of nitrogens with zero attached hydrogens (tertiary/aromatic N) is 1. The fourth-order valence-corrected chi connectivity index (χ4v) is 2.42. The van der Waals surface area contributed by atoms with Gasteiger partial charge >= 0.3 is 12.0 Å². The molecule has 1 aliphatic rings. The molecular weight excluding hydrogens is 260 g/mol. The third kappa shape index (κ3) is 2.84. The summed E-state index contributed by atoms with van der Waals surface area (Å²) in [6, 6.07) is 5.76. The Morgan fingerprint density at radius 2 is 2.00 bits per heavy atom. The van der Waals surface area contributed by atoms with E-state index >= 15 is 0 Å². The predicted octanol–water partition coefficient (Wildman–Crippen LogP) is 2.02. The number of anilines is 1. The number of nitrogens with one attached hydrogen (secondary N) is 1. The molecule has 1 aromatic carbocycles. The van der Waals surface area contributed by atoms with Crippen molar-refractivity contribution >= 4 is 17.7 Å². The fraction of sp³-hybridized carbons (Fsp3) is 0.429. The highest BCUT2D eigenvalue weighted by atomic mass is 16.5. The van der Waals surface area contributed by atoms with E-state index in [4.69, 9.17) is 4.74 Å². The Labute approximate surface area is 117 Å². The number of ether oxygens (including phenoxy) is 1. The van der Waals surface area contributed by atoms with E-state index in [2.05, 4.69) is 5.32 Å². The Morgan fingerprint density at radius 1 is 1.35 bits per heavy atom. The third-order valence-electron chi connectivity index (χ3n) is 3.56. The van der Waals surface area contributed by atoms with Crippen molar-refractivity contribution in [3.05, 3.63) is 24.3 Å². The highest BCUT2D eigenvalue weighted by molar-refractivity contribution is 5.92. The van der Waals surface area contributed by atoms with E-state index in [0.717, 1.165) is 0 Å². The van der Waals surface area contributed by atoms with Gasteiger partial charge in [0.15, 0.2) is 0 Å². The Hall–Kier alpha value is -2.24. The summed E-state index contributed by atoms with van der Waals surface area (Å²) in [5, 5.41) is 11.9. The Balaban J connectivity index is 2.05. The van der Waals surface area contributed by atoms with Crippen LogP contribution in [0.3, 0.4) is 0 Å². The lowest BCUT2D eigenvalue weighted by Crippen LogP contribution is -2.44. The number of hydrogen-bond donors (Lipinski definition) is 2. The molecule has 1 aliphatic heterocycles. The van der Waals surface area contributed by atoms with Crippen molar-refractivity contribution in [3.63, 3.8) is 0 Å². The Kier molecular flexibility index (Phi) is 4.12. The van der Waals surface area contributed by atoms with Crippen LogP contribution < -0.4 is 10.1 Å². The number of carboxylic acid groups (broad SMARTS) is 1. The van der Waals surface area contributed by atoms with Gasteiger partial charge < -0.3 is 20.1 Å². The summed E-state index contributed by atoms with van der Waals surface area (Å²) in [4.78, 5) is 24.7. The molecule has 2 rings (SSSR count). The SMILES string of the molecule is COc1ccc(NC(=O)N2CCC(C)C2C(=O)O)cc1. The molecule has 2 unspecified atom stereocenters. The zero-order valence-electron chi connectivity index (χ0n) is 11.5. The maximum Gasteiger partial charge on any atom is 0.326 e. The number of carbonyl (C=O) groups excluding carboxylic acids is 1. The van der Waals surface area contributed by atoms with Crippen molar-refractivity contribution in [1.29, 1.82) is 0 Å². The highest BCUT2D eigenvalue weighted by Gasteiger charge is 2.39. The standard InChI is InChI=1S/C14H18N2O4/c1-9-7-8-16(12(9)13(17)18)14(19)15-10-3-5-11(20-2)6-4-10/h3-6,9,12H,7-8H2,1-2H3,(H,15,19)(H,17,18). The first-order valence-corrected chi connectivity index (χ1v) is 6.47. The largest absolute Gasteiger partial charge is 0.497 e. The van der Waals surface area contributed by atoms with Crippen LogP contribution in [-0.4, -0.2) is 41.7 Å². The van der Waals surface area contributed by atoms with E-state index in [1.807, 2.05) is 6.92 Å². The number of aliphatic carboxylic acids is 1. The van der Waals surface area contributed by atoms with Crippen LogP contribution in [0.4, 0.5) is 10.5 Å². The van der Waals surface area contributed by atoms with Crippen molar-refractivity contribution in [3.8, 4) is 5.75 Å². The van der Waals surface area contributed by atoms with Gasteiger partial charge in [-0.3, -0.25) is 0 Å². The van der Waals surface area contributed by atoms with E-state index in [-0.39, 0.29) is 11.9 Å². The van der Waals surface area contributed by atoms with Crippen molar-refractivity contribution < 1.29 is 19.4 Å². The second-order valence-electron chi connectivity index (χ2n) is 4.90. The topological polar surface area (TPSA) is 78.9 Å². The maximum atomic E-state index is 12.1. The van der Waals surface area contributed by atoms with E-state index in [1.165, 1.54) is 4.90 Å². The number of methoxy groups -OCH3 is 1. The maximum absolute atomic E-state index is 12.1. The predicted molar refractivity (Wildman–Crippen MR) is 73.9 cm³/mol. The smallest absolute Gasteiger partial charge is 0.326 e. The van der Waals surface area contributed by atoms with Crippen molar-refractivity contribution in [2.45, 2.75) is 19.4 Å². The van der Waals surface area contributed by atoms with Crippen LogP contribution >= 0.6 is 0 Å². The molecule has 2 atom stereocenters. The first kappa shape index (κ1) is 14.2. The third-order valence-corrected chi connectivity index (χ3v) is 3.56. The summed E-state index contributed by atoms with van der Waals surface area (Å²) in [7, 11) is 1.57. The lowest BCUT2D eigenvalue weighted by Gasteiger charge is -2.23. The van der Waals surface area contributed by atoms with Gasteiger partial charge in [-0.1, -0.05) is 6.92 Å². The minimum absolute atomic E-state index is 0.0332. The summed E-state index contributed by atoms with van der Waals surface area (Å²) >= 11 is 0. The number of benzene rings is 1. The molecule has 1 aromatic rings. The molecule has 1 heterocycles. The summed E-state index contributed by atoms with van der Waals surface area (Å²) in [5.41, 5.74) is 0.611. The van der Waals surface area contributed by atoms with Gasteiger partial charge in [-0.2, -0.15) is 0 Å². The molecule has 108 valence electrons. The van der Waals surface area contributed by atoms with E-state index in [0.29, 0.717) is 24.4 Å². The molecule has 2 N–H and O–H groups in total. The molecule has 2 amide bonds. The molecule has 6 heteroatoms. The van der Waals surface area contributed by atoms with Crippen LogP contribution in [0.2, 0.25) is 0 Å². The molecule has 6 nitrogen and oxygen atoms in total. The molecule has 1 fully saturated rings. The average molecular weight is 278 g/mol. The fourth-order valence-electron chi connectivity index (χ4n) is 2.42. The van der Waals surface area contributed by atoms with E-state index < -0.39 is 12.0 Å². The minimum Gasteiger partial charge on any atom is -0.497 e. The van der Waals surface area contributed by atoms with E-state index in [9.17, 15) is 14.7 Å². The molecule has 1 saturated heterocycles. The summed E-state index contributed by atoms with van der Waals surface area (Å²) in [6.07, 6.45) is 0.701. The van der Waals surface area contributed by atoms with Crippen molar-refractivity contribution in [2.24, 2.45) is 5.92 Å². The molecular formula is C14H18N2O4. The number of amides is 2. The summed E-state index contributed by atoms with van der Waals surface area (Å²) < 4.78 is 5.04. The van der Waals surface area contributed by atoms with Crippen molar-refractivity contribution in [2.75, 3.05) is 19.0 Å². The summed E-state index contributed by atoms with van der Waals surface area (Å²) in [5.74, 6) is -0.296. The zero-order valence-corrected chi connectivity index (χ0v) is 11.5. The van der Waals surface area contributed by atoms with E-state index in [1.54, 1.807) is 31.4 Å². The number of urea groups is 1. The average Bonchev–Trinajstić information content (AvgIpc) is 2.81. The van der Waals surface area contributed by atoms with Crippen LogP contribution in [0, 0.1) is 5.92 Å². The first-order valence-electron chi connectivity index (χ1n) is 6.47. The molecule has 0 aromatic heterocycles. The lowest BCUT2D eigenvalue weighted by atomic mass is 10.0. The highest BCUT2D eigenvalue weighted by Crippen LogP contribution is 2.25. The van der Waals surface area contributed by atoms with Gasteiger partial charge in [-0.15, -0.1) is 0 Å². The molecule has 0 saturated carbocycles. The summed E-state index contributed by atoms with van der Waals surface area (Å²) in [6.45, 7) is 2.31. The van der Waals surface area contributed by atoms with Crippen LogP contribution in [0.15, 0.2) is 24.3 Å². The normalized spacial score (nSPS) is 21.6. The molecule has 0 aliphatic carbocycles.